The van der Waals surface area contributed by atoms with Gasteiger partial charge in [0.25, 0.3) is 5.69 Å². The summed E-state index contributed by atoms with van der Waals surface area (Å²) in [6.07, 6.45) is 0. The Hall–Kier alpha value is -3.09. The van der Waals surface area contributed by atoms with Gasteiger partial charge in [-0.25, -0.2) is 9.37 Å². The zero-order valence-corrected chi connectivity index (χ0v) is 12.2. The van der Waals surface area contributed by atoms with Gasteiger partial charge in [0, 0.05) is 23.8 Å². The van der Waals surface area contributed by atoms with Crippen molar-refractivity contribution in [3.8, 4) is 17.3 Å². The van der Waals surface area contributed by atoms with E-state index >= 15 is 0 Å². The van der Waals surface area contributed by atoms with Crippen molar-refractivity contribution >= 4 is 16.6 Å². The first-order chi connectivity index (χ1) is 11.1. The van der Waals surface area contributed by atoms with Crippen molar-refractivity contribution in [2.24, 2.45) is 0 Å². The third kappa shape index (κ3) is 2.94. The number of non-ortho nitro benzene ring substituents is 1. The number of fused-ring (bicyclic) bond motifs is 1. The fraction of sp³-hybridized carbons (Fsp3) is 0.125. The van der Waals surface area contributed by atoms with Gasteiger partial charge >= 0.3 is 0 Å². The smallest absolute Gasteiger partial charge is 0.269 e. The lowest BCUT2D eigenvalue weighted by atomic mass is 10.1. The summed E-state index contributed by atoms with van der Waals surface area (Å²) in [5.74, 6) is 0.264. The first kappa shape index (κ1) is 14.8. The van der Waals surface area contributed by atoms with E-state index in [1.54, 1.807) is 18.2 Å². The molecule has 116 valence electrons. The Balaban J connectivity index is 2.14. The lowest BCUT2D eigenvalue weighted by Crippen LogP contribution is -2.00. The molecular formula is C16H12FN3O3. The summed E-state index contributed by atoms with van der Waals surface area (Å²) in [4.78, 5) is 18.9. The number of ether oxygens (including phenoxy) is 1. The first-order valence-corrected chi connectivity index (χ1v) is 6.93. The maximum absolute atomic E-state index is 13.5. The van der Waals surface area contributed by atoms with Crippen molar-refractivity contribution in [2.75, 3.05) is 6.61 Å². The Morgan fingerprint density at radius 1 is 1.17 bits per heavy atom. The number of hydrogen-bond donors (Lipinski definition) is 0. The fourth-order valence-electron chi connectivity index (χ4n) is 2.18. The van der Waals surface area contributed by atoms with Crippen LogP contribution in [0.1, 0.15) is 6.92 Å². The third-order valence-electron chi connectivity index (χ3n) is 3.24. The number of hydrogen-bond acceptors (Lipinski definition) is 5. The van der Waals surface area contributed by atoms with E-state index in [-0.39, 0.29) is 5.69 Å². The number of nitro groups is 1. The van der Waals surface area contributed by atoms with E-state index < -0.39 is 10.7 Å². The summed E-state index contributed by atoms with van der Waals surface area (Å²) >= 11 is 0. The second-order valence-electron chi connectivity index (χ2n) is 4.75. The van der Waals surface area contributed by atoms with E-state index in [9.17, 15) is 14.5 Å². The minimum Gasteiger partial charge on any atom is -0.477 e. The molecule has 0 N–H and O–H groups in total. The van der Waals surface area contributed by atoms with Gasteiger partial charge in [0.1, 0.15) is 5.82 Å². The molecule has 0 saturated heterocycles. The van der Waals surface area contributed by atoms with Gasteiger partial charge in [0.05, 0.1) is 22.4 Å². The molecule has 3 aromatic rings. The third-order valence-corrected chi connectivity index (χ3v) is 3.24. The molecule has 0 atom stereocenters. The van der Waals surface area contributed by atoms with Crippen molar-refractivity contribution in [1.82, 2.24) is 9.97 Å². The van der Waals surface area contributed by atoms with Gasteiger partial charge in [-0.3, -0.25) is 10.1 Å². The molecule has 23 heavy (non-hydrogen) atoms. The molecule has 6 nitrogen and oxygen atoms in total. The molecule has 0 aliphatic carbocycles. The number of rotatable bonds is 4. The highest BCUT2D eigenvalue weighted by Crippen LogP contribution is 2.28. The van der Waals surface area contributed by atoms with Gasteiger partial charge < -0.3 is 4.74 Å². The summed E-state index contributed by atoms with van der Waals surface area (Å²) in [6.45, 7) is 2.23. The molecule has 3 rings (SSSR count). The van der Waals surface area contributed by atoms with Crippen LogP contribution in [0, 0.1) is 15.9 Å². The molecule has 0 radical (unpaired) electrons. The Morgan fingerprint density at radius 2 is 1.91 bits per heavy atom. The Kier molecular flexibility index (Phi) is 3.84. The topological polar surface area (TPSA) is 78.2 Å². The van der Waals surface area contributed by atoms with E-state index in [2.05, 4.69) is 9.97 Å². The van der Waals surface area contributed by atoms with Gasteiger partial charge in [-0.2, -0.15) is 4.98 Å². The van der Waals surface area contributed by atoms with Crippen LogP contribution in [0.3, 0.4) is 0 Å². The second-order valence-corrected chi connectivity index (χ2v) is 4.75. The molecular weight excluding hydrogens is 301 g/mol. The maximum Gasteiger partial charge on any atom is 0.269 e. The Morgan fingerprint density at radius 3 is 2.57 bits per heavy atom. The normalized spacial score (nSPS) is 10.7. The molecule has 0 unspecified atom stereocenters. The molecule has 0 spiro atoms. The van der Waals surface area contributed by atoms with Crippen LogP contribution in [0.2, 0.25) is 0 Å². The van der Waals surface area contributed by atoms with Crippen LogP contribution in [-0.2, 0) is 0 Å². The van der Waals surface area contributed by atoms with E-state index in [1.807, 2.05) is 6.92 Å². The van der Waals surface area contributed by atoms with Gasteiger partial charge in [0.2, 0.25) is 5.88 Å². The predicted molar refractivity (Wildman–Crippen MR) is 82.8 cm³/mol. The SMILES string of the molecule is CCOc1nc(-c2ccc([N+](=O)[O-])cc2)nc2cc(F)ccc12. The van der Waals surface area contributed by atoms with Crippen molar-refractivity contribution in [3.63, 3.8) is 0 Å². The lowest BCUT2D eigenvalue weighted by Gasteiger charge is -2.09. The summed E-state index contributed by atoms with van der Waals surface area (Å²) in [7, 11) is 0. The van der Waals surface area contributed by atoms with Crippen LogP contribution >= 0.6 is 0 Å². The van der Waals surface area contributed by atoms with Crippen LogP contribution in [0.4, 0.5) is 10.1 Å². The molecule has 7 heteroatoms. The molecule has 0 fully saturated rings. The van der Waals surface area contributed by atoms with Crippen molar-refractivity contribution in [2.45, 2.75) is 6.92 Å². The van der Waals surface area contributed by atoms with E-state index in [0.29, 0.717) is 34.8 Å². The lowest BCUT2D eigenvalue weighted by molar-refractivity contribution is -0.384. The number of nitro benzene ring substituents is 1. The zero-order chi connectivity index (χ0) is 16.4. The van der Waals surface area contributed by atoms with Crippen LogP contribution in [0.15, 0.2) is 42.5 Å². The van der Waals surface area contributed by atoms with Crippen molar-refractivity contribution in [1.29, 1.82) is 0 Å². The molecule has 0 saturated carbocycles. The van der Waals surface area contributed by atoms with Crippen molar-refractivity contribution in [3.05, 3.63) is 58.4 Å². The average Bonchev–Trinajstić information content (AvgIpc) is 2.54. The summed E-state index contributed by atoms with van der Waals surface area (Å²) in [6, 6.07) is 10.0. The van der Waals surface area contributed by atoms with Crippen LogP contribution in [0.25, 0.3) is 22.3 Å². The molecule has 1 heterocycles. The minimum absolute atomic E-state index is 0.0226. The summed E-state index contributed by atoms with van der Waals surface area (Å²) < 4.78 is 19.0. The molecule has 0 amide bonds. The molecule has 1 aromatic heterocycles. The molecule has 0 aliphatic rings. The van der Waals surface area contributed by atoms with Crippen LogP contribution in [-0.4, -0.2) is 21.5 Å². The zero-order valence-electron chi connectivity index (χ0n) is 12.2. The van der Waals surface area contributed by atoms with E-state index in [4.69, 9.17) is 4.74 Å². The molecule has 0 bridgehead atoms. The number of aromatic nitrogens is 2. The molecule has 0 aliphatic heterocycles. The minimum atomic E-state index is -0.480. The highest BCUT2D eigenvalue weighted by molar-refractivity contribution is 5.85. The number of nitrogens with zero attached hydrogens (tertiary/aromatic N) is 3. The standard InChI is InChI=1S/C16H12FN3O3/c1-2-23-16-13-8-5-11(17)9-14(13)18-15(19-16)10-3-6-12(7-4-10)20(21)22/h3-9H,2H2,1H3. The quantitative estimate of drug-likeness (QED) is 0.541. The summed E-state index contributed by atoms with van der Waals surface area (Å²) in [5.41, 5.74) is 0.977. The van der Waals surface area contributed by atoms with Crippen LogP contribution in [0.5, 0.6) is 5.88 Å². The van der Waals surface area contributed by atoms with Gasteiger partial charge in [-0.05, 0) is 31.2 Å². The van der Waals surface area contributed by atoms with Crippen molar-refractivity contribution < 1.29 is 14.1 Å². The average molecular weight is 313 g/mol. The number of benzene rings is 2. The summed E-state index contributed by atoms with van der Waals surface area (Å²) in [5, 5.41) is 11.3. The van der Waals surface area contributed by atoms with Gasteiger partial charge in [-0.1, -0.05) is 0 Å². The van der Waals surface area contributed by atoms with Gasteiger partial charge in [-0.15, -0.1) is 0 Å². The maximum atomic E-state index is 13.5. The Labute approximate surface area is 130 Å². The largest absolute Gasteiger partial charge is 0.477 e. The number of halogens is 1. The van der Waals surface area contributed by atoms with E-state index in [1.165, 1.54) is 24.3 Å². The van der Waals surface area contributed by atoms with E-state index in [0.717, 1.165) is 0 Å². The second kappa shape index (κ2) is 5.96. The molecule has 2 aromatic carbocycles. The van der Waals surface area contributed by atoms with Gasteiger partial charge in [0.15, 0.2) is 5.82 Å². The highest BCUT2D eigenvalue weighted by atomic mass is 19.1. The highest BCUT2D eigenvalue weighted by Gasteiger charge is 2.12. The monoisotopic (exact) mass is 313 g/mol. The fourth-order valence-corrected chi connectivity index (χ4v) is 2.18. The Bertz CT molecular complexity index is 882. The van der Waals surface area contributed by atoms with Crippen LogP contribution < -0.4 is 4.74 Å². The predicted octanol–water partition coefficient (Wildman–Crippen LogP) is 3.74. The first-order valence-electron chi connectivity index (χ1n) is 6.93.